The van der Waals surface area contributed by atoms with Crippen molar-refractivity contribution < 1.29 is 14.6 Å². The van der Waals surface area contributed by atoms with Crippen LogP contribution in [-0.2, 0) is 4.74 Å². The zero-order chi connectivity index (χ0) is 10.6. The van der Waals surface area contributed by atoms with Crippen LogP contribution in [-0.4, -0.2) is 35.5 Å². The molecule has 1 heterocycles. The van der Waals surface area contributed by atoms with E-state index in [2.05, 4.69) is 4.98 Å². The Morgan fingerprint density at radius 2 is 2.43 bits per heavy atom. The normalized spacial score (nSPS) is 10.4. The number of thiazole rings is 1. The molecule has 14 heavy (non-hydrogen) atoms. The van der Waals surface area contributed by atoms with Crippen LogP contribution in [0.3, 0.4) is 0 Å². The molecule has 1 aromatic heterocycles. The Morgan fingerprint density at radius 3 is 2.93 bits per heavy atom. The van der Waals surface area contributed by atoms with Gasteiger partial charge in [-0.3, -0.25) is 0 Å². The first-order valence-corrected chi connectivity index (χ1v) is 5.78. The average molecular weight is 233 g/mol. The molecule has 0 aromatic carbocycles. The molecule has 6 heteroatoms. The minimum absolute atomic E-state index is 0.324. The van der Waals surface area contributed by atoms with E-state index in [1.807, 2.05) is 0 Å². The van der Waals surface area contributed by atoms with Gasteiger partial charge in [0.1, 0.15) is 4.88 Å². The van der Waals surface area contributed by atoms with Crippen molar-refractivity contribution in [1.82, 2.24) is 4.98 Å². The molecule has 0 amide bonds. The molecular formula is C8H11NO3S2. The van der Waals surface area contributed by atoms with E-state index < -0.39 is 5.97 Å². The van der Waals surface area contributed by atoms with Gasteiger partial charge in [-0.05, 0) is 6.92 Å². The number of thioether (sulfide) groups is 1. The molecule has 4 nitrogen and oxygen atoms in total. The predicted octanol–water partition coefficient (Wildman–Crippen LogP) is 1.89. The van der Waals surface area contributed by atoms with E-state index in [1.54, 1.807) is 14.0 Å². The number of methoxy groups -OCH3 is 1. The molecule has 1 rings (SSSR count). The minimum Gasteiger partial charge on any atom is -0.477 e. The average Bonchev–Trinajstić information content (AvgIpc) is 2.47. The number of nitrogens with zero attached hydrogens (tertiary/aromatic N) is 1. The minimum atomic E-state index is -0.904. The number of rotatable bonds is 5. The lowest BCUT2D eigenvalue weighted by Gasteiger charge is -1.94. The van der Waals surface area contributed by atoms with Crippen LogP contribution in [0.1, 0.15) is 15.4 Å². The fourth-order valence-electron chi connectivity index (χ4n) is 0.844. The molecule has 0 aliphatic carbocycles. The van der Waals surface area contributed by atoms with Crippen molar-refractivity contribution in [3.8, 4) is 0 Å². The van der Waals surface area contributed by atoms with Crippen LogP contribution < -0.4 is 0 Å². The third-order valence-electron chi connectivity index (χ3n) is 1.48. The van der Waals surface area contributed by atoms with Gasteiger partial charge >= 0.3 is 5.97 Å². The zero-order valence-corrected chi connectivity index (χ0v) is 9.57. The summed E-state index contributed by atoms with van der Waals surface area (Å²) < 4.78 is 5.68. The summed E-state index contributed by atoms with van der Waals surface area (Å²) in [5.74, 6) is -0.110. The molecule has 0 bridgehead atoms. The second kappa shape index (κ2) is 5.33. The number of aromatic carboxylic acids is 1. The Balaban J connectivity index is 2.62. The first-order chi connectivity index (χ1) is 6.65. The van der Waals surface area contributed by atoms with Gasteiger partial charge in [0.15, 0.2) is 4.34 Å². The maximum Gasteiger partial charge on any atom is 0.347 e. The summed E-state index contributed by atoms with van der Waals surface area (Å²) in [6.07, 6.45) is 0. The number of carbonyl (C=O) groups is 1. The van der Waals surface area contributed by atoms with Crippen LogP contribution in [0.5, 0.6) is 0 Å². The standard InChI is InChI=1S/C8H11NO3S2/c1-5-6(7(10)11)14-8(9-5)13-4-3-12-2/h3-4H2,1-2H3,(H,10,11). The van der Waals surface area contributed by atoms with Gasteiger partial charge in [0.25, 0.3) is 0 Å². The van der Waals surface area contributed by atoms with E-state index in [9.17, 15) is 4.79 Å². The molecule has 0 aliphatic heterocycles. The molecule has 0 unspecified atom stereocenters. The predicted molar refractivity (Wildman–Crippen MR) is 56.4 cm³/mol. The smallest absolute Gasteiger partial charge is 0.347 e. The number of carboxylic acids is 1. The lowest BCUT2D eigenvalue weighted by atomic mass is 10.4. The molecule has 0 spiro atoms. The fraction of sp³-hybridized carbons (Fsp3) is 0.500. The maximum absolute atomic E-state index is 10.7. The van der Waals surface area contributed by atoms with Gasteiger partial charge < -0.3 is 9.84 Å². The van der Waals surface area contributed by atoms with Crippen molar-refractivity contribution in [3.63, 3.8) is 0 Å². The number of hydrogen-bond acceptors (Lipinski definition) is 5. The van der Waals surface area contributed by atoms with Gasteiger partial charge in [-0.1, -0.05) is 11.8 Å². The number of aryl methyl sites for hydroxylation is 1. The van der Waals surface area contributed by atoms with E-state index in [0.717, 1.165) is 10.1 Å². The van der Waals surface area contributed by atoms with E-state index >= 15 is 0 Å². The largest absolute Gasteiger partial charge is 0.477 e. The SMILES string of the molecule is COCCSc1nc(C)c(C(=O)O)s1. The Kier molecular flexibility index (Phi) is 4.37. The van der Waals surface area contributed by atoms with Gasteiger partial charge in [0.2, 0.25) is 0 Å². The molecule has 0 radical (unpaired) electrons. The van der Waals surface area contributed by atoms with Crippen molar-refractivity contribution in [3.05, 3.63) is 10.6 Å². The van der Waals surface area contributed by atoms with Crippen LogP contribution >= 0.6 is 23.1 Å². The Morgan fingerprint density at radius 1 is 1.71 bits per heavy atom. The Bertz CT molecular complexity index is 324. The van der Waals surface area contributed by atoms with Gasteiger partial charge in [-0.15, -0.1) is 11.3 Å². The first kappa shape index (κ1) is 11.5. The van der Waals surface area contributed by atoms with Crippen LogP contribution in [0.15, 0.2) is 4.34 Å². The second-order valence-corrected chi connectivity index (χ2v) is 4.88. The molecule has 0 aliphatic rings. The van der Waals surface area contributed by atoms with Crippen molar-refractivity contribution in [2.75, 3.05) is 19.5 Å². The van der Waals surface area contributed by atoms with Crippen LogP contribution in [0.2, 0.25) is 0 Å². The maximum atomic E-state index is 10.7. The van der Waals surface area contributed by atoms with E-state index in [0.29, 0.717) is 17.2 Å². The third-order valence-corrected chi connectivity index (χ3v) is 3.74. The number of hydrogen-bond donors (Lipinski definition) is 1. The lowest BCUT2D eigenvalue weighted by molar-refractivity contribution is 0.0701. The van der Waals surface area contributed by atoms with Crippen LogP contribution in [0.4, 0.5) is 0 Å². The van der Waals surface area contributed by atoms with Gasteiger partial charge in [-0.25, -0.2) is 9.78 Å². The summed E-state index contributed by atoms with van der Waals surface area (Å²) in [5, 5.41) is 8.79. The highest BCUT2D eigenvalue weighted by Gasteiger charge is 2.13. The summed E-state index contributed by atoms with van der Waals surface area (Å²) >= 11 is 2.73. The van der Waals surface area contributed by atoms with Crippen molar-refractivity contribution >= 4 is 29.1 Å². The third kappa shape index (κ3) is 2.97. The summed E-state index contributed by atoms with van der Waals surface area (Å²) in [7, 11) is 1.64. The zero-order valence-electron chi connectivity index (χ0n) is 7.94. The van der Waals surface area contributed by atoms with E-state index in [-0.39, 0.29) is 0 Å². The molecule has 1 aromatic rings. The van der Waals surface area contributed by atoms with Gasteiger partial charge in [-0.2, -0.15) is 0 Å². The quantitative estimate of drug-likeness (QED) is 0.621. The number of aromatic nitrogens is 1. The summed E-state index contributed by atoms with van der Waals surface area (Å²) in [5.41, 5.74) is 0.586. The molecule has 0 saturated carbocycles. The molecular weight excluding hydrogens is 222 g/mol. The number of carboxylic acid groups (broad SMARTS) is 1. The highest BCUT2D eigenvalue weighted by Crippen LogP contribution is 2.26. The van der Waals surface area contributed by atoms with Gasteiger partial charge in [0.05, 0.1) is 12.3 Å². The molecule has 0 saturated heterocycles. The topological polar surface area (TPSA) is 59.4 Å². The van der Waals surface area contributed by atoms with E-state index in [4.69, 9.17) is 9.84 Å². The first-order valence-electron chi connectivity index (χ1n) is 3.97. The molecule has 0 fully saturated rings. The summed E-state index contributed by atoms with van der Waals surface area (Å²) in [4.78, 5) is 15.2. The van der Waals surface area contributed by atoms with Crippen LogP contribution in [0, 0.1) is 6.92 Å². The molecule has 78 valence electrons. The summed E-state index contributed by atoms with van der Waals surface area (Å²) in [6.45, 7) is 2.35. The fourth-order valence-corrected chi connectivity index (χ4v) is 2.84. The molecule has 1 N–H and O–H groups in total. The highest BCUT2D eigenvalue weighted by molar-refractivity contribution is 8.01. The van der Waals surface area contributed by atoms with Crippen molar-refractivity contribution in [2.45, 2.75) is 11.3 Å². The van der Waals surface area contributed by atoms with Crippen LogP contribution in [0.25, 0.3) is 0 Å². The van der Waals surface area contributed by atoms with Crippen molar-refractivity contribution in [1.29, 1.82) is 0 Å². The summed E-state index contributed by atoms with van der Waals surface area (Å²) in [6, 6.07) is 0. The Hall–Kier alpha value is -0.590. The number of ether oxygens (including phenoxy) is 1. The van der Waals surface area contributed by atoms with E-state index in [1.165, 1.54) is 23.1 Å². The Labute approximate surface area is 90.3 Å². The highest BCUT2D eigenvalue weighted by atomic mass is 32.2. The second-order valence-electron chi connectivity index (χ2n) is 2.54. The van der Waals surface area contributed by atoms with Gasteiger partial charge in [0, 0.05) is 12.9 Å². The lowest BCUT2D eigenvalue weighted by Crippen LogP contribution is -1.94. The van der Waals surface area contributed by atoms with Crippen molar-refractivity contribution in [2.24, 2.45) is 0 Å². The monoisotopic (exact) mass is 233 g/mol. The molecule has 0 atom stereocenters.